The van der Waals surface area contributed by atoms with Gasteiger partial charge >= 0.3 is 23.5 Å². The second-order valence-corrected chi connectivity index (χ2v) is 23.6. The molecule has 17 heteroatoms. The minimum atomic E-state index is -4.42. The Labute approximate surface area is 429 Å². The SMILES string of the molecule is Cc1cc(P(=O)(c2ccc(OP(=O)(Oc3ccccc3)Oc3ccccc3)c(C)c2)c2ccc(OP(=O)(Oc3ccccc3)Oc3ccccc3)c(C)c2)ccc1OP(=O)(Oc1ccccc1)Oc1ccccc1. The van der Waals surface area contributed by atoms with Gasteiger partial charge in [0, 0.05) is 15.9 Å². The molecule has 0 fully saturated rings. The highest BCUT2D eigenvalue weighted by molar-refractivity contribution is 7.85. The van der Waals surface area contributed by atoms with E-state index < -0.39 is 30.6 Å². The second kappa shape index (κ2) is 22.5. The molecule has 0 unspecified atom stereocenters. The van der Waals surface area contributed by atoms with Crippen molar-refractivity contribution in [2.75, 3.05) is 0 Å². The molecule has 9 aromatic carbocycles. The summed E-state index contributed by atoms with van der Waals surface area (Å²) in [5.41, 5.74) is 1.33. The molecule has 0 aliphatic carbocycles. The van der Waals surface area contributed by atoms with Gasteiger partial charge in [0.2, 0.25) is 0 Å². The Balaban J connectivity index is 1.10. The average Bonchev–Trinajstić information content (AvgIpc) is 3.39. The maximum atomic E-state index is 16.5. The Hall–Kier alpha value is -7.90. The third-order valence-electron chi connectivity index (χ3n) is 11.0. The van der Waals surface area contributed by atoms with Crippen molar-refractivity contribution < 1.29 is 59.0 Å². The summed E-state index contributed by atoms with van der Waals surface area (Å²) >= 11 is 0. The molecular weight excluding hydrogens is 1020 g/mol. The van der Waals surface area contributed by atoms with Crippen molar-refractivity contribution in [2.45, 2.75) is 20.8 Å². The first-order valence-corrected chi connectivity index (χ1v) is 29.1. The topological polar surface area (TPSA) is 151 Å². The Morgan fingerprint density at radius 3 is 0.608 bits per heavy atom. The van der Waals surface area contributed by atoms with Gasteiger partial charge in [-0.3, -0.25) is 0 Å². The van der Waals surface area contributed by atoms with Gasteiger partial charge in [0.05, 0.1) is 0 Å². The van der Waals surface area contributed by atoms with Crippen LogP contribution in [0.3, 0.4) is 0 Å². The van der Waals surface area contributed by atoms with Gasteiger partial charge in [-0.05, 0) is 165 Å². The molecule has 0 saturated heterocycles. The van der Waals surface area contributed by atoms with Crippen molar-refractivity contribution in [3.63, 3.8) is 0 Å². The van der Waals surface area contributed by atoms with E-state index in [-0.39, 0.29) is 51.7 Å². The maximum Gasteiger partial charge on any atom is 0.647 e. The summed E-state index contributed by atoms with van der Waals surface area (Å²) in [6.45, 7) is 5.16. The molecule has 0 saturated carbocycles. The minimum Gasteiger partial charge on any atom is -0.386 e. The highest BCUT2D eigenvalue weighted by atomic mass is 31.2. The van der Waals surface area contributed by atoms with Crippen LogP contribution in [0, 0.1) is 20.8 Å². The van der Waals surface area contributed by atoms with Gasteiger partial charge < -0.3 is 45.3 Å². The Morgan fingerprint density at radius 1 is 0.243 bits per heavy atom. The zero-order chi connectivity index (χ0) is 51.6. The number of aryl methyl sites for hydroxylation is 3. The molecule has 0 amide bonds. The lowest BCUT2D eigenvalue weighted by atomic mass is 10.2. The number of hydrogen-bond acceptors (Lipinski definition) is 13. The molecule has 9 rings (SSSR count). The van der Waals surface area contributed by atoms with E-state index in [1.54, 1.807) is 257 Å². The van der Waals surface area contributed by atoms with Crippen LogP contribution in [0.2, 0.25) is 0 Å². The van der Waals surface area contributed by atoms with Gasteiger partial charge in [-0.1, -0.05) is 109 Å². The molecule has 0 atom stereocenters. The monoisotopic (exact) mass is 1060 g/mol. The molecule has 0 bridgehead atoms. The van der Waals surface area contributed by atoms with Crippen LogP contribution in [0.1, 0.15) is 16.7 Å². The lowest BCUT2D eigenvalue weighted by Crippen LogP contribution is -2.26. The number of benzene rings is 9. The summed E-state index contributed by atoms with van der Waals surface area (Å²) in [5.74, 6) is 1.91. The molecule has 374 valence electrons. The molecule has 0 aromatic heterocycles. The van der Waals surface area contributed by atoms with Crippen LogP contribution in [0.5, 0.6) is 51.7 Å². The lowest BCUT2D eigenvalue weighted by Gasteiger charge is -2.25. The first-order chi connectivity index (χ1) is 35.8. The molecule has 0 heterocycles. The summed E-state index contributed by atoms with van der Waals surface area (Å²) in [5, 5.41) is 1.05. The van der Waals surface area contributed by atoms with Gasteiger partial charge in [-0.25, -0.2) is 0 Å². The van der Waals surface area contributed by atoms with Crippen molar-refractivity contribution in [1.82, 2.24) is 0 Å². The number of phosphoric acid groups is 3. The van der Waals surface area contributed by atoms with Crippen LogP contribution in [-0.2, 0) is 18.3 Å². The fourth-order valence-electron chi connectivity index (χ4n) is 7.43. The van der Waals surface area contributed by atoms with Crippen LogP contribution in [-0.4, -0.2) is 0 Å². The molecule has 0 radical (unpaired) electrons. The highest BCUT2D eigenvalue weighted by Gasteiger charge is 2.39. The predicted octanol–water partition coefficient (Wildman–Crippen LogP) is 15.2. The van der Waals surface area contributed by atoms with Gasteiger partial charge in [0.15, 0.2) is 7.14 Å². The van der Waals surface area contributed by atoms with Crippen molar-refractivity contribution in [2.24, 2.45) is 0 Å². The maximum absolute atomic E-state index is 16.5. The highest BCUT2D eigenvalue weighted by Crippen LogP contribution is 2.54. The fourth-order valence-corrected chi connectivity index (χ4v) is 14.3. The van der Waals surface area contributed by atoms with Gasteiger partial charge in [-0.2, -0.15) is 13.7 Å². The Kier molecular flexibility index (Phi) is 15.5. The van der Waals surface area contributed by atoms with Crippen LogP contribution >= 0.6 is 30.6 Å². The summed E-state index contributed by atoms with van der Waals surface area (Å²) < 4.78 is 114. The zero-order valence-corrected chi connectivity index (χ0v) is 43.7. The van der Waals surface area contributed by atoms with E-state index >= 15 is 4.57 Å². The first-order valence-electron chi connectivity index (χ1n) is 23.1. The summed E-state index contributed by atoms with van der Waals surface area (Å²) in [6.07, 6.45) is 0. The molecule has 0 N–H and O–H groups in total. The van der Waals surface area contributed by atoms with E-state index in [0.717, 1.165) is 0 Å². The molecule has 0 aliphatic heterocycles. The van der Waals surface area contributed by atoms with Gasteiger partial charge in [-0.15, -0.1) is 0 Å². The molecule has 9 aromatic rings. The summed E-state index contributed by atoms with van der Waals surface area (Å²) in [6, 6.07) is 65.6. The largest absolute Gasteiger partial charge is 0.647 e. The van der Waals surface area contributed by atoms with E-state index in [9.17, 15) is 13.7 Å². The van der Waals surface area contributed by atoms with Crippen LogP contribution in [0.25, 0.3) is 0 Å². The number of phosphoric ester groups is 3. The van der Waals surface area contributed by atoms with Crippen molar-refractivity contribution in [1.29, 1.82) is 0 Å². The molecule has 13 nitrogen and oxygen atoms in total. The quantitative estimate of drug-likeness (QED) is 0.0628. The van der Waals surface area contributed by atoms with Crippen molar-refractivity contribution in [3.05, 3.63) is 253 Å². The molecule has 74 heavy (non-hydrogen) atoms. The lowest BCUT2D eigenvalue weighted by molar-refractivity contribution is 0.296. The first kappa shape index (κ1) is 51.0. The van der Waals surface area contributed by atoms with E-state index in [1.165, 1.54) is 0 Å². The number of para-hydroxylation sites is 6. The Morgan fingerprint density at radius 2 is 0.432 bits per heavy atom. The normalized spacial score (nSPS) is 11.7. The molecular formula is C57H48O13P4. The second-order valence-electron chi connectivity index (χ2n) is 16.5. The minimum absolute atomic E-state index is 0.135. The summed E-state index contributed by atoms with van der Waals surface area (Å²) in [7, 11) is -17.2. The van der Waals surface area contributed by atoms with E-state index in [0.29, 0.717) is 32.6 Å². The predicted molar refractivity (Wildman–Crippen MR) is 287 cm³/mol. The summed E-state index contributed by atoms with van der Waals surface area (Å²) in [4.78, 5) is 0. The third-order valence-corrected chi connectivity index (χ3v) is 17.8. The third kappa shape index (κ3) is 12.6. The molecule has 0 aliphatic rings. The van der Waals surface area contributed by atoms with E-state index in [1.807, 2.05) is 0 Å². The van der Waals surface area contributed by atoms with Crippen LogP contribution < -0.4 is 56.6 Å². The Bertz CT molecular complexity index is 3030. The fraction of sp³-hybridized carbons (Fsp3) is 0.0526. The van der Waals surface area contributed by atoms with Crippen molar-refractivity contribution in [3.8, 4) is 51.7 Å². The zero-order valence-electron chi connectivity index (χ0n) is 40.1. The number of rotatable bonds is 21. The number of hydrogen-bond donors (Lipinski definition) is 0. The standard InChI is InChI=1S/C57H48O13P4/c1-43-40-52(34-37-55(43)68-72(59,62-46-22-10-4-11-23-46)63-47-24-12-5-13-25-47)71(58,53-35-38-56(44(2)41-53)69-73(60,64-48-26-14-6-15-27-48)65-49-28-16-7-17-29-49)54-36-39-57(45(3)42-54)70-74(61,66-50-30-18-8-19-31-50)67-51-32-20-9-21-33-51/h4-42H,1-3H3. The van der Waals surface area contributed by atoms with Gasteiger partial charge in [0.1, 0.15) is 51.7 Å². The van der Waals surface area contributed by atoms with E-state index in [2.05, 4.69) is 0 Å². The van der Waals surface area contributed by atoms with Crippen LogP contribution in [0.4, 0.5) is 0 Å². The smallest absolute Gasteiger partial charge is 0.386 e. The average molecular weight is 1060 g/mol. The van der Waals surface area contributed by atoms with Crippen LogP contribution in [0.15, 0.2) is 237 Å². The van der Waals surface area contributed by atoms with E-state index in [4.69, 9.17) is 40.7 Å². The van der Waals surface area contributed by atoms with Gasteiger partial charge in [0.25, 0.3) is 0 Å². The molecule has 0 spiro atoms. The van der Waals surface area contributed by atoms with Crippen molar-refractivity contribution >= 4 is 46.5 Å².